The number of amides is 1. The SMILES string of the molecule is C=CC(=O)NC.CC.CC.COc1ccc(CCC=O)cc1. The molecule has 1 aromatic rings. The Morgan fingerprint density at radius 2 is 1.68 bits per heavy atom. The van der Waals surface area contributed by atoms with Crippen LogP contribution >= 0.6 is 0 Å². The molecule has 0 atom stereocenters. The standard InChI is InChI=1S/C10H12O2.C4H7NO.2C2H6/c1-12-10-6-4-9(5-7-10)3-2-8-11;1-3-4(6)5-2;2*1-2/h4-8H,2-3H2,1H3;3H,1H2,2H3,(H,5,6);2*1-2H3. The maximum absolute atomic E-state index is 10.1. The van der Waals surface area contributed by atoms with Crippen LogP contribution in [0, 0.1) is 0 Å². The maximum Gasteiger partial charge on any atom is 0.243 e. The molecule has 0 spiro atoms. The van der Waals surface area contributed by atoms with Crippen LogP contribution in [0.5, 0.6) is 5.75 Å². The molecule has 1 amide bonds. The molecule has 22 heavy (non-hydrogen) atoms. The molecule has 0 aliphatic heterocycles. The Labute approximate surface area is 135 Å². The number of nitrogens with one attached hydrogen (secondary N) is 1. The number of ether oxygens (including phenoxy) is 1. The minimum absolute atomic E-state index is 0.144. The topological polar surface area (TPSA) is 55.4 Å². The summed E-state index contributed by atoms with van der Waals surface area (Å²) in [4.78, 5) is 20.0. The molecule has 0 saturated heterocycles. The van der Waals surface area contributed by atoms with E-state index in [2.05, 4.69) is 11.9 Å². The highest BCUT2D eigenvalue weighted by Crippen LogP contribution is 2.11. The zero-order chi connectivity index (χ0) is 17.8. The molecule has 0 fully saturated rings. The minimum atomic E-state index is -0.144. The number of methoxy groups -OCH3 is 1. The molecule has 0 aromatic heterocycles. The van der Waals surface area contributed by atoms with Gasteiger partial charge in [0, 0.05) is 13.5 Å². The van der Waals surface area contributed by atoms with Crippen molar-refractivity contribution in [3.8, 4) is 5.75 Å². The molecule has 1 rings (SSSR count). The number of hydrogen-bond acceptors (Lipinski definition) is 3. The van der Waals surface area contributed by atoms with Gasteiger partial charge in [0.1, 0.15) is 12.0 Å². The molecule has 126 valence electrons. The van der Waals surface area contributed by atoms with Crippen molar-refractivity contribution in [1.29, 1.82) is 0 Å². The normalized spacial score (nSPS) is 7.55. The molecule has 0 aliphatic carbocycles. The summed E-state index contributed by atoms with van der Waals surface area (Å²) in [7, 11) is 3.20. The fourth-order valence-corrected chi connectivity index (χ4v) is 1.12. The van der Waals surface area contributed by atoms with Gasteiger partial charge in [-0.1, -0.05) is 46.4 Å². The molecule has 1 N–H and O–H groups in total. The average Bonchev–Trinajstić information content (AvgIpc) is 2.63. The van der Waals surface area contributed by atoms with Gasteiger partial charge in [0.15, 0.2) is 0 Å². The Kier molecular flexibility index (Phi) is 24.0. The zero-order valence-electron chi connectivity index (χ0n) is 14.8. The van der Waals surface area contributed by atoms with E-state index in [1.165, 1.54) is 11.6 Å². The first kappa shape index (κ1) is 24.9. The van der Waals surface area contributed by atoms with Crippen molar-refractivity contribution in [3.63, 3.8) is 0 Å². The second-order valence-electron chi connectivity index (χ2n) is 3.37. The Bertz CT molecular complexity index is 372. The van der Waals surface area contributed by atoms with E-state index >= 15 is 0 Å². The first-order valence-corrected chi connectivity index (χ1v) is 7.58. The predicted octanol–water partition coefficient (Wildman–Crippen LogP) is 3.80. The lowest BCUT2D eigenvalue weighted by Gasteiger charge is -2.00. The van der Waals surface area contributed by atoms with Gasteiger partial charge < -0.3 is 14.8 Å². The van der Waals surface area contributed by atoms with Gasteiger partial charge in [0.05, 0.1) is 7.11 Å². The lowest BCUT2D eigenvalue weighted by molar-refractivity contribution is -0.116. The van der Waals surface area contributed by atoms with E-state index in [4.69, 9.17) is 4.74 Å². The summed E-state index contributed by atoms with van der Waals surface area (Å²) in [6.45, 7) is 11.2. The molecule has 0 heterocycles. The monoisotopic (exact) mass is 309 g/mol. The third-order valence-electron chi connectivity index (χ3n) is 2.14. The highest BCUT2D eigenvalue weighted by atomic mass is 16.5. The lowest BCUT2D eigenvalue weighted by Crippen LogP contribution is -2.13. The summed E-state index contributed by atoms with van der Waals surface area (Å²) in [5, 5.41) is 2.36. The maximum atomic E-state index is 10.1. The van der Waals surface area contributed by atoms with E-state index in [1.54, 1.807) is 14.2 Å². The summed E-state index contributed by atoms with van der Waals surface area (Å²) in [5.41, 5.74) is 1.17. The molecule has 0 radical (unpaired) electrons. The Hall–Kier alpha value is -2.10. The van der Waals surface area contributed by atoms with Crippen molar-refractivity contribution >= 4 is 12.2 Å². The van der Waals surface area contributed by atoms with Crippen molar-refractivity contribution in [2.75, 3.05) is 14.2 Å². The van der Waals surface area contributed by atoms with Gasteiger partial charge in [-0.05, 0) is 30.2 Å². The van der Waals surface area contributed by atoms with Crippen molar-refractivity contribution in [2.45, 2.75) is 40.5 Å². The average molecular weight is 309 g/mol. The minimum Gasteiger partial charge on any atom is -0.497 e. The van der Waals surface area contributed by atoms with E-state index < -0.39 is 0 Å². The van der Waals surface area contributed by atoms with Crippen molar-refractivity contribution in [1.82, 2.24) is 5.32 Å². The van der Waals surface area contributed by atoms with Crippen LogP contribution in [-0.4, -0.2) is 26.4 Å². The number of hydrogen-bond donors (Lipinski definition) is 1. The largest absolute Gasteiger partial charge is 0.497 e. The van der Waals surface area contributed by atoms with E-state index in [-0.39, 0.29) is 5.91 Å². The van der Waals surface area contributed by atoms with Crippen LogP contribution in [0.1, 0.15) is 39.7 Å². The highest BCUT2D eigenvalue weighted by molar-refractivity contribution is 5.86. The Balaban J connectivity index is -0.000000306. The number of aldehydes is 1. The Morgan fingerprint density at radius 1 is 1.18 bits per heavy atom. The van der Waals surface area contributed by atoms with E-state index in [0.29, 0.717) is 6.42 Å². The van der Waals surface area contributed by atoms with Crippen LogP contribution in [0.3, 0.4) is 0 Å². The van der Waals surface area contributed by atoms with E-state index in [9.17, 15) is 9.59 Å². The summed E-state index contributed by atoms with van der Waals surface area (Å²) in [5.74, 6) is 0.708. The van der Waals surface area contributed by atoms with Crippen molar-refractivity contribution < 1.29 is 14.3 Å². The second-order valence-corrected chi connectivity index (χ2v) is 3.37. The van der Waals surface area contributed by atoms with Gasteiger partial charge in [-0.2, -0.15) is 0 Å². The van der Waals surface area contributed by atoms with Crippen LogP contribution in [0.15, 0.2) is 36.9 Å². The zero-order valence-corrected chi connectivity index (χ0v) is 14.8. The summed E-state index contributed by atoms with van der Waals surface area (Å²) in [6.07, 6.45) is 3.56. The highest BCUT2D eigenvalue weighted by Gasteiger charge is 1.92. The first-order valence-electron chi connectivity index (χ1n) is 7.58. The third-order valence-corrected chi connectivity index (χ3v) is 2.14. The summed E-state index contributed by atoms with van der Waals surface area (Å²) in [6, 6.07) is 7.75. The molecule has 4 nitrogen and oxygen atoms in total. The predicted molar refractivity (Wildman–Crippen MR) is 94.3 cm³/mol. The number of carbonyl (C=O) groups is 2. The van der Waals surface area contributed by atoms with Crippen LogP contribution in [0.2, 0.25) is 0 Å². The molecule has 1 aromatic carbocycles. The van der Waals surface area contributed by atoms with Gasteiger partial charge >= 0.3 is 0 Å². The van der Waals surface area contributed by atoms with Gasteiger partial charge in [0.25, 0.3) is 0 Å². The lowest BCUT2D eigenvalue weighted by atomic mass is 10.1. The smallest absolute Gasteiger partial charge is 0.243 e. The van der Waals surface area contributed by atoms with Gasteiger partial charge in [0.2, 0.25) is 5.91 Å². The molecular weight excluding hydrogens is 278 g/mol. The fraction of sp³-hybridized carbons (Fsp3) is 0.444. The first-order chi connectivity index (χ1) is 10.7. The second kappa shape index (κ2) is 21.2. The summed E-state index contributed by atoms with van der Waals surface area (Å²) < 4.78 is 5.00. The number of carbonyl (C=O) groups excluding carboxylic acids is 2. The van der Waals surface area contributed by atoms with Crippen molar-refractivity contribution in [3.05, 3.63) is 42.5 Å². The third kappa shape index (κ3) is 16.0. The molecular formula is C18H31NO3. The van der Waals surface area contributed by atoms with Crippen LogP contribution in [-0.2, 0) is 16.0 Å². The van der Waals surface area contributed by atoms with Crippen LogP contribution in [0.25, 0.3) is 0 Å². The Morgan fingerprint density at radius 3 is 1.95 bits per heavy atom. The van der Waals surface area contributed by atoms with E-state index in [0.717, 1.165) is 18.5 Å². The molecule has 4 heteroatoms. The van der Waals surface area contributed by atoms with Gasteiger partial charge in [-0.15, -0.1) is 0 Å². The quantitative estimate of drug-likeness (QED) is 0.665. The number of aryl methyl sites for hydroxylation is 1. The van der Waals surface area contributed by atoms with Crippen LogP contribution in [0.4, 0.5) is 0 Å². The molecule has 0 saturated carbocycles. The van der Waals surface area contributed by atoms with Crippen molar-refractivity contribution in [2.24, 2.45) is 0 Å². The van der Waals surface area contributed by atoms with Gasteiger partial charge in [-0.25, -0.2) is 0 Å². The van der Waals surface area contributed by atoms with E-state index in [1.807, 2.05) is 52.0 Å². The number of rotatable bonds is 5. The number of likely N-dealkylation sites (N-methyl/N-ethyl adjacent to an activating group) is 1. The molecule has 0 bridgehead atoms. The van der Waals surface area contributed by atoms with Crippen LogP contribution < -0.4 is 10.1 Å². The molecule has 0 aliphatic rings. The molecule has 0 unspecified atom stereocenters. The fourth-order valence-electron chi connectivity index (χ4n) is 1.12. The van der Waals surface area contributed by atoms with Gasteiger partial charge in [-0.3, -0.25) is 4.79 Å². The number of benzene rings is 1. The summed E-state index contributed by atoms with van der Waals surface area (Å²) >= 11 is 0.